The van der Waals surface area contributed by atoms with Crippen LogP contribution >= 0.6 is 0 Å². The standard InChI is InChI=1S/C21H23N3O3/c1-11(2)14-7-9-15(10-8-14)17-16(13(4)25)12(3)22-19-18(17)20(26)24(6)21(27)23(19)5/h7-11H,1-6H3. The monoisotopic (exact) mass is 365 g/mol. The maximum atomic E-state index is 13.0. The number of aromatic nitrogens is 3. The maximum Gasteiger partial charge on any atom is 0.332 e. The Balaban J connectivity index is 2.55. The van der Waals surface area contributed by atoms with Gasteiger partial charge in [-0.05, 0) is 30.9 Å². The van der Waals surface area contributed by atoms with Gasteiger partial charge in [0.1, 0.15) is 5.65 Å². The van der Waals surface area contributed by atoms with Crippen molar-refractivity contribution >= 4 is 16.8 Å². The second-order valence-electron chi connectivity index (χ2n) is 7.18. The van der Waals surface area contributed by atoms with Crippen molar-refractivity contribution in [1.82, 2.24) is 14.1 Å². The number of aryl methyl sites for hydroxylation is 2. The first-order chi connectivity index (χ1) is 12.6. The number of carbonyl (C=O) groups is 1. The van der Waals surface area contributed by atoms with Crippen LogP contribution in [0.1, 0.15) is 48.3 Å². The first-order valence-electron chi connectivity index (χ1n) is 8.86. The Morgan fingerprint density at radius 1 is 1.04 bits per heavy atom. The smallest absolute Gasteiger partial charge is 0.294 e. The van der Waals surface area contributed by atoms with E-state index in [2.05, 4.69) is 18.8 Å². The van der Waals surface area contributed by atoms with Crippen molar-refractivity contribution in [3.05, 3.63) is 61.9 Å². The van der Waals surface area contributed by atoms with E-state index in [1.54, 1.807) is 14.0 Å². The summed E-state index contributed by atoms with van der Waals surface area (Å²) in [4.78, 5) is 42.1. The molecule has 6 heteroatoms. The second kappa shape index (κ2) is 6.61. The van der Waals surface area contributed by atoms with Gasteiger partial charge in [0.25, 0.3) is 5.56 Å². The summed E-state index contributed by atoms with van der Waals surface area (Å²) < 4.78 is 2.40. The molecule has 0 atom stereocenters. The van der Waals surface area contributed by atoms with Crippen molar-refractivity contribution < 1.29 is 4.79 Å². The lowest BCUT2D eigenvalue weighted by atomic mass is 9.92. The minimum atomic E-state index is -0.453. The largest absolute Gasteiger partial charge is 0.332 e. The number of nitrogens with zero attached hydrogens (tertiary/aromatic N) is 3. The van der Waals surface area contributed by atoms with Crippen molar-refractivity contribution in [3.63, 3.8) is 0 Å². The highest BCUT2D eigenvalue weighted by atomic mass is 16.2. The highest BCUT2D eigenvalue weighted by molar-refractivity contribution is 6.09. The quantitative estimate of drug-likeness (QED) is 0.669. The molecule has 0 aliphatic carbocycles. The summed E-state index contributed by atoms with van der Waals surface area (Å²) in [5.41, 5.74) is 2.76. The fourth-order valence-electron chi connectivity index (χ4n) is 3.46. The lowest BCUT2D eigenvalue weighted by Gasteiger charge is -2.16. The highest BCUT2D eigenvalue weighted by Gasteiger charge is 2.22. The fourth-order valence-corrected chi connectivity index (χ4v) is 3.46. The van der Waals surface area contributed by atoms with Crippen LogP contribution in [0.2, 0.25) is 0 Å². The highest BCUT2D eigenvalue weighted by Crippen LogP contribution is 2.32. The van der Waals surface area contributed by atoms with Gasteiger partial charge in [0.15, 0.2) is 5.78 Å². The summed E-state index contributed by atoms with van der Waals surface area (Å²) in [6, 6.07) is 7.83. The molecule has 1 aromatic carbocycles. The zero-order chi connectivity index (χ0) is 20.0. The molecule has 0 fully saturated rings. The third-order valence-electron chi connectivity index (χ3n) is 4.99. The second-order valence-corrected chi connectivity index (χ2v) is 7.18. The first-order valence-corrected chi connectivity index (χ1v) is 8.86. The van der Waals surface area contributed by atoms with Gasteiger partial charge < -0.3 is 0 Å². The molecular weight excluding hydrogens is 342 g/mol. The minimum absolute atomic E-state index is 0.166. The average Bonchev–Trinajstić information content (AvgIpc) is 2.63. The van der Waals surface area contributed by atoms with Gasteiger partial charge in [-0.3, -0.25) is 18.7 Å². The van der Waals surface area contributed by atoms with Gasteiger partial charge in [-0.15, -0.1) is 0 Å². The van der Waals surface area contributed by atoms with E-state index in [1.165, 1.54) is 24.1 Å². The summed E-state index contributed by atoms with van der Waals surface area (Å²) in [7, 11) is 3.01. The molecule has 0 N–H and O–H groups in total. The van der Waals surface area contributed by atoms with Crippen molar-refractivity contribution in [1.29, 1.82) is 0 Å². The molecule has 3 aromatic rings. The van der Waals surface area contributed by atoms with E-state index in [4.69, 9.17) is 0 Å². The molecule has 0 amide bonds. The number of pyridine rings is 1. The molecular formula is C21H23N3O3. The molecule has 27 heavy (non-hydrogen) atoms. The van der Waals surface area contributed by atoms with E-state index < -0.39 is 11.2 Å². The summed E-state index contributed by atoms with van der Waals surface area (Å²) in [5.74, 6) is 0.205. The number of hydrogen-bond donors (Lipinski definition) is 0. The number of ketones is 1. The van der Waals surface area contributed by atoms with Crippen molar-refractivity contribution in [3.8, 4) is 11.1 Å². The lowest BCUT2D eigenvalue weighted by molar-refractivity contribution is 0.101. The predicted octanol–water partition coefficient (Wildman–Crippen LogP) is 2.93. The van der Waals surface area contributed by atoms with Crippen LogP contribution in [0.4, 0.5) is 0 Å². The molecule has 3 rings (SSSR count). The van der Waals surface area contributed by atoms with E-state index in [9.17, 15) is 14.4 Å². The SMILES string of the molecule is CC(=O)c1c(C)nc2c(c1-c1ccc(C(C)C)cc1)c(=O)n(C)c(=O)n2C. The molecule has 0 aliphatic heterocycles. The fraction of sp³-hybridized carbons (Fsp3) is 0.333. The van der Waals surface area contributed by atoms with Gasteiger partial charge >= 0.3 is 5.69 Å². The predicted molar refractivity (Wildman–Crippen MR) is 106 cm³/mol. The Labute approximate surface area is 157 Å². The van der Waals surface area contributed by atoms with Crippen LogP contribution in [0, 0.1) is 6.92 Å². The van der Waals surface area contributed by atoms with Gasteiger partial charge in [0, 0.05) is 25.2 Å². The minimum Gasteiger partial charge on any atom is -0.294 e. The molecule has 0 spiro atoms. The first kappa shape index (κ1) is 18.8. The van der Waals surface area contributed by atoms with Crippen LogP contribution in [0.3, 0.4) is 0 Å². The van der Waals surface area contributed by atoms with E-state index in [0.717, 1.165) is 10.1 Å². The topological polar surface area (TPSA) is 74.0 Å². The third kappa shape index (κ3) is 2.91. The number of hydrogen-bond acceptors (Lipinski definition) is 4. The van der Waals surface area contributed by atoms with Crippen molar-refractivity contribution in [2.45, 2.75) is 33.6 Å². The normalized spacial score (nSPS) is 11.4. The van der Waals surface area contributed by atoms with E-state index in [0.29, 0.717) is 22.7 Å². The van der Waals surface area contributed by atoms with Crippen LogP contribution in [0.15, 0.2) is 33.9 Å². The zero-order valence-corrected chi connectivity index (χ0v) is 16.5. The summed E-state index contributed by atoms with van der Waals surface area (Å²) in [6.45, 7) is 7.40. The Hall–Kier alpha value is -3.02. The Bertz CT molecular complexity index is 1180. The molecule has 2 heterocycles. The number of carbonyl (C=O) groups excluding carboxylic acids is 1. The van der Waals surface area contributed by atoms with Crippen LogP contribution in [-0.4, -0.2) is 19.9 Å². The molecule has 0 saturated heterocycles. The summed E-state index contributed by atoms with van der Waals surface area (Å²) in [5, 5.41) is 0.285. The molecule has 0 aliphatic rings. The number of rotatable bonds is 3. The van der Waals surface area contributed by atoms with Gasteiger partial charge in [-0.1, -0.05) is 38.1 Å². The number of benzene rings is 1. The van der Waals surface area contributed by atoms with Gasteiger partial charge in [0.05, 0.1) is 11.1 Å². The Kier molecular flexibility index (Phi) is 4.59. The summed E-state index contributed by atoms with van der Waals surface area (Å²) >= 11 is 0. The Morgan fingerprint density at radius 2 is 1.63 bits per heavy atom. The Morgan fingerprint density at radius 3 is 2.15 bits per heavy atom. The zero-order valence-electron chi connectivity index (χ0n) is 16.5. The van der Waals surface area contributed by atoms with Crippen molar-refractivity contribution in [2.24, 2.45) is 14.1 Å². The third-order valence-corrected chi connectivity index (χ3v) is 4.99. The molecule has 0 unspecified atom stereocenters. The van der Waals surface area contributed by atoms with Crippen LogP contribution in [-0.2, 0) is 14.1 Å². The number of Topliss-reactive ketones (excluding diaryl/α,β-unsaturated/α-hetero) is 1. The van der Waals surface area contributed by atoms with Crippen LogP contribution < -0.4 is 11.2 Å². The van der Waals surface area contributed by atoms with Crippen molar-refractivity contribution in [2.75, 3.05) is 0 Å². The number of fused-ring (bicyclic) bond motifs is 1. The van der Waals surface area contributed by atoms with Gasteiger partial charge in [0.2, 0.25) is 0 Å². The van der Waals surface area contributed by atoms with E-state index in [-0.39, 0.29) is 16.8 Å². The average molecular weight is 365 g/mol. The molecule has 0 bridgehead atoms. The molecule has 0 radical (unpaired) electrons. The van der Waals surface area contributed by atoms with Crippen LogP contribution in [0.25, 0.3) is 22.2 Å². The maximum absolute atomic E-state index is 13.0. The van der Waals surface area contributed by atoms with E-state index >= 15 is 0 Å². The van der Waals surface area contributed by atoms with Gasteiger partial charge in [-0.2, -0.15) is 0 Å². The molecule has 6 nitrogen and oxygen atoms in total. The van der Waals surface area contributed by atoms with Crippen LogP contribution in [0.5, 0.6) is 0 Å². The summed E-state index contributed by atoms with van der Waals surface area (Å²) in [6.07, 6.45) is 0. The van der Waals surface area contributed by atoms with E-state index in [1.807, 2.05) is 24.3 Å². The molecule has 140 valence electrons. The van der Waals surface area contributed by atoms with Gasteiger partial charge in [-0.25, -0.2) is 9.78 Å². The molecule has 2 aromatic heterocycles. The molecule has 0 saturated carbocycles. The lowest BCUT2D eigenvalue weighted by Crippen LogP contribution is -2.38.